The largest absolute Gasteiger partial charge is 0.361 e. The van der Waals surface area contributed by atoms with Crippen LogP contribution in [0.25, 0.3) is 0 Å². The fraction of sp³-hybridized carbons (Fsp3) is 0.231. The standard InChI is InChI=1S/C13H14O/c1-3-7-13-11-9-6-5-8-10(11)12(4-2)14-13/h3-6,8-9,12-13H,1-2,7H2/t12-,13+/m0/s1. The molecule has 0 saturated carbocycles. The Morgan fingerprint density at radius 1 is 1.21 bits per heavy atom. The summed E-state index contributed by atoms with van der Waals surface area (Å²) in [6, 6.07) is 8.30. The van der Waals surface area contributed by atoms with Gasteiger partial charge in [-0.05, 0) is 17.5 Å². The Hall–Kier alpha value is -1.34. The first kappa shape index (κ1) is 9.22. The van der Waals surface area contributed by atoms with Crippen LogP contribution in [0, 0.1) is 0 Å². The van der Waals surface area contributed by atoms with Gasteiger partial charge >= 0.3 is 0 Å². The second-order valence-corrected chi connectivity index (χ2v) is 3.43. The number of hydrogen-bond donors (Lipinski definition) is 0. The SMILES string of the molecule is C=CC[C@H]1O[C@@H](C=C)c2ccccc21. The van der Waals surface area contributed by atoms with Gasteiger partial charge in [-0.25, -0.2) is 0 Å². The fourth-order valence-electron chi connectivity index (χ4n) is 1.90. The topological polar surface area (TPSA) is 9.23 Å². The Bertz CT molecular complexity index is 354. The lowest BCUT2D eigenvalue weighted by Gasteiger charge is -2.08. The predicted molar refractivity (Wildman–Crippen MR) is 58.0 cm³/mol. The van der Waals surface area contributed by atoms with Crippen LogP contribution in [0.2, 0.25) is 0 Å². The van der Waals surface area contributed by atoms with Crippen molar-refractivity contribution in [3.05, 3.63) is 60.7 Å². The van der Waals surface area contributed by atoms with Gasteiger partial charge in [0.25, 0.3) is 0 Å². The van der Waals surface area contributed by atoms with E-state index >= 15 is 0 Å². The molecule has 0 aliphatic carbocycles. The van der Waals surface area contributed by atoms with Crippen LogP contribution < -0.4 is 0 Å². The van der Waals surface area contributed by atoms with Crippen molar-refractivity contribution in [3.63, 3.8) is 0 Å². The Balaban J connectivity index is 2.37. The molecule has 72 valence electrons. The van der Waals surface area contributed by atoms with E-state index in [1.165, 1.54) is 11.1 Å². The summed E-state index contributed by atoms with van der Waals surface area (Å²) in [6.45, 7) is 7.53. The lowest BCUT2D eigenvalue weighted by Crippen LogP contribution is -1.94. The van der Waals surface area contributed by atoms with E-state index in [-0.39, 0.29) is 12.2 Å². The van der Waals surface area contributed by atoms with Gasteiger partial charge in [-0.15, -0.1) is 13.2 Å². The van der Waals surface area contributed by atoms with E-state index in [4.69, 9.17) is 4.74 Å². The highest BCUT2D eigenvalue weighted by molar-refractivity contribution is 5.36. The van der Waals surface area contributed by atoms with Gasteiger partial charge < -0.3 is 4.74 Å². The first-order valence-electron chi connectivity index (χ1n) is 4.84. The lowest BCUT2D eigenvalue weighted by atomic mass is 10.0. The molecule has 1 aliphatic rings. The molecule has 2 atom stereocenters. The maximum atomic E-state index is 5.83. The number of ether oxygens (including phenoxy) is 1. The molecule has 1 aromatic carbocycles. The third-order valence-corrected chi connectivity index (χ3v) is 2.56. The van der Waals surface area contributed by atoms with E-state index in [9.17, 15) is 0 Å². The van der Waals surface area contributed by atoms with E-state index in [0.717, 1.165) is 6.42 Å². The third kappa shape index (κ3) is 1.40. The Morgan fingerprint density at radius 3 is 2.57 bits per heavy atom. The van der Waals surface area contributed by atoms with Crippen LogP contribution in [0.1, 0.15) is 29.8 Å². The fourth-order valence-corrected chi connectivity index (χ4v) is 1.90. The van der Waals surface area contributed by atoms with Crippen LogP contribution >= 0.6 is 0 Å². The molecule has 0 spiro atoms. The first-order chi connectivity index (χ1) is 6.86. The molecule has 1 heterocycles. The Morgan fingerprint density at radius 2 is 1.93 bits per heavy atom. The summed E-state index contributed by atoms with van der Waals surface area (Å²) in [5.74, 6) is 0. The molecular weight excluding hydrogens is 172 g/mol. The van der Waals surface area contributed by atoms with Crippen molar-refractivity contribution < 1.29 is 4.74 Å². The molecule has 0 N–H and O–H groups in total. The minimum Gasteiger partial charge on any atom is -0.361 e. The molecule has 1 aliphatic heterocycles. The van der Waals surface area contributed by atoms with Crippen LogP contribution in [-0.2, 0) is 4.74 Å². The average Bonchev–Trinajstić information content (AvgIpc) is 2.58. The van der Waals surface area contributed by atoms with E-state index in [2.05, 4.69) is 25.3 Å². The number of rotatable bonds is 3. The molecule has 1 nitrogen and oxygen atoms in total. The zero-order valence-corrected chi connectivity index (χ0v) is 8.15. The molecule has 0 bridgehead atoms. The van der Waals surface area contributed by atoms with Gasteiger partial charge in [-0.2, -0.15) is 0 Å². The van der Waals surface area contributed by atoms with E-state index in [1.54, 1.807) is 0 Å². The van der Waals surface area contributed by atoms with Gasteiger partial charge in [-0.3, -0.25) is 0 Å². The second-order valence-electron chi connectivity index (χ2n) is 3.43. The van der Waals surface area contributed by atoms with Gasteiger partial charge in [0.1, 0.15) is 6.10 Å². The van der Waals surface area contributed by atoms with Crippen LogP contribution in [0.5, 0.6) is 0 Å². The Kier molecular flexibility index (Phi) is 2.51. The van der Waals surface area contributed by atoms with Crippen molar-refractivity contribution in [3.8, 4) is 0 Å². The monoisotopic (exact) mass is 186 g/mol. The van der Waals surface area contributed by atoms with Gasteiger partial charge in [0.2, 0.25) is 0 Å². The maximum Gasteiger partial charge on any atom is 0.102 e. The van der Waals surface area contributed by atoms with Gasteiger partial charge in [0, 0.05) is 0 Å². The van der Waals surface area contributed by atoms with Gasteiger partial charge in [-0.1, -0.05) is 36.4 Å². The minimum absolute atomic E-state index is 0.0520. The molecular formula is C13H14O. The molecule has 2 rings (SSSR count). The zero-order valence-electron chi connectivity index (χ0n) is 8.15. The van der Waals surface area contributed by atoms with Gasteiger partial charge in [0.05, 0.1) is 6.10 Å². The second kappa shape index (κ2) is 3.81. The molecule has 0 amide bonds. The van der Waals surface area contributed by atoms with E-state index in [0.29, 0.717) is 0 Å². The molecule has 0 aromatic heterocycles. The molecule has 0 radical (unpaired) electrons. The van der Waals surface area contributed by atoms with E-state index < -0.39 is 0 Å². The maximum absolute atomic E-state index is 5.83. The molecule has 1 heteroatoms. The van der Waals surface area contributed by atoms with E-state index in [1.807, 2.05) is 24.3 Å². The first-order valence-corrected chi connectivity index (χ1v) is 4.84. The van der Waals surface area contributed by atoms with Crippen LogP contribution in [0.3, 0.4) is 0 Å². The highest BCUT2D eigenvalue weighted by atomic mass is 16.5. The van der Waals surface area contributed by atoms with Crippen LogP contribution in [0.4, 0.5) is 0 Å². The predicted octanol–water partition coefficient (Wildman–Crippen LogP) is 3.56. The highest BCUT2D eigenvalue weighted by Gasteiger charge is 2.28. The summed E-state index contributed by atoms with van der Waals surface area (Å²) in [5.41, 5.74) is 2.52. The molecule has 0 fully saturated rings. The summed E-state index contributed by atoms with van der Waals surface area (Å²) in [6.07, 6.45) is 4.82. The minimum atomic E-state index is 0.0520. The quantitative estimate of drug-likeness (QED) is 0.656. The van der Waals surface area contributed by atoms with Crippen molar-refractivity contribution in [1.82, 2.24) is 0 Å². The van der Waals surface area contributed by atoms with Crippen molar-refractivity contribution in [2.45, 2.75) is 18.6 Å². The zero-order chi connectivity index (χ0) is 9.97. The van der Waals surface area contributed by atoms with Gasteiger partial charge in [0.15, 0.2) is 0 Å². The van der Waals surface area contributed by atoms with Crippen molar-refractivity contribution in [2.24, 2.45) is 0 Å². The number of fused-ring (bicyclic) bond motifs is 1. The summed E-state index contributed by atoms with van der Waals surface area (Å²) < 4.78 is 5.83. The summed E-state index contributed by atoms with van der Waals surface area (Å²) in [4.78, 5) is 0. The lowest BCUT2D eigenvalue weighted by molar-refractivity contribution is 0.0400. The Labute approximate surface area is 84.7 Å². The number of hydrogen-bond acceptors (Lipinski definition) is 1. The molecule has 14 heavy (non-hydrogen) atoms. The third-order valence-electron chi connectivity index (χ3n) is 2.56. The molecule has 1 aromatic rings. The molecule has 0 saturated heterocycles. The van der Waals surface area contributed by atoms with Crippen molar-refractivity contribution in [2.75, 3.05) is 0 Å². The molecule has 0 unspecified atom stereocenters. The summed E-state index contributed by atoms with van der Waals surface area (Å²) >= 11 is 0. The summed E-state index contributed by atoms with van der Waals surface area (Å²) in [7, 11) is 0. The normalized spacial score (nSPS) is 24.3. The highest BCUT2D eigenvalue weighted by Crippen LogP contribution is 2.41. The average molecular weight is 186 g/mol. The summed E-state index contributed by atoms with van der Waals surface area (Å²) in [5, 5.41) is 0. The number of benzene rings is 1. The van der Waals surface area contributed by atoms with Crippen molar-refractivity contribution in [1.29, 1.82) is 0 Å². The van der Waals surface area contributed by atoms with Crippen molar-refractivity contribution >= 4 is 0 Å². The van der Waals surface area contributed by atoms with Crippen LogP contribution in [0.15, 0.2) is 49.6 Å². The smallest absolute Gasteiger partial charge is 0.102 e. The van der Waals surface area contributed by atoms with Crippen LogP contribution in [-0.4, -0.2) is 0 Å².